The second kappa shape index (κ2) is 6.55. The molecule has 0 bridgehead atoms. The third-order valence-electron chi connectivity index (χ3n) is 4.58. The summed E-state index contributed by atoms with van der Waals surface area (Å²) in [5, 5.41) is 0. The third kappa shape index (κ3) is 3.45. The molecule has 0 aromatic heterocycles. The first-order valence-corrected chi connectivity index (χ1v) is 8.15. The molecule has 0 N–H and O–H groups in total. The van der Waals surface area contributed by atoms with E-state index in [1.807, 2.05) is 32.3 Å². The summed E-state index contributed by atoms with van der Waals surface area (Å²) in [6.07, 6.45) is 1.03. The third-order valence-corrected chi connectivity index (χ3v) is 4.58. The van der Waals surface area contributed by atoms with Crippen LogP contribution in [0.15, 0.2) is 42.5 Å². The zero-order valence-corrected chi connectivity index (χ0v) is 14.2. The van der Waals surface area contributed by atoms with Crippen LogP contribution < -0.4 is 4.90 Å². The zero-order chi connectivity index (χ0) is 16.4. The molecule has 0 fully saturated rings. The predicted octanol–water partition coefficient (Wildman–Crippen LogP) is 3.30. The van der Waals surface area contributed by atoms with Crippen molar-refractivity contribution in [2.24, 2.45) is 0 Å². The zero-order valence-electron chi connectivity index (χ0n) is 14.2. The molecule has 0 saturated heterocycles. The number of hydrogen-bond donors (Lipinski definition) is 0. The van der Waals surface area contributed by atoms with Crippen LogP contribution >= 0.6 is 0 Å². The summed E-state index contributed by atoms with van der Waals surface area (Å²) in [7, 11) is 4.05. The quantitative estimate of drug-likeness (QED) is 0.810. The molecule has 2 aromatic rings. The molecule has 3 heteroatoms. The Kier molecular flexibility index (Phi) is 4.49. The lowest BCUT2D eigenvalue weighted by molar-refractivity contribution is 0.0921. The molecule has 3 nitrogen and oxygen atoms in total. The van der Waals surface area contributed by atoms with Gasteiger partial charge in [-0.2, -0.15) is 0 Å². The first-order chi connectivity index (χ1) is 11.0. The van der Waals surface area contributed by atoms with Crippen LogP contribution in [0.3, 0.4) is 0 Å². The van der Waals surface area contributed by atoms with E-state index in [9.17, 15) is 4.79 Å². The van der Waals surface area contributed by atoms with Crippen molar-refractivity contribution >= 4 is 11.5 Å². The highest BCUT2D eigenvalue weighted by Crippen LogP contribution is 2.21. The molecule has 0 spiro atoms. The number of nitrogens with zero attached hydrogens (tertiary/aromatic N) is 2. The van der Waals surface area contributed by atoms with Gasteiger partial charge in [0.1, 0.15) is 0 Å². The van der Waals surface area contributed by atoms with Gasteiger partial charge in [0.2, 0.25) is 0 Å². The monoisotopic (exact) mass is 308 g/mol. The molecule has 0 atom stereocenters. The predicted molar refractivity (Wildman–Crippen MR) is 95.3 cm³/mol. The van der Waals surface area contributed by atoms with Crippen LogP contribution in [-0.2, 0) is 13.0 Å². The molecule has 0 amide bonds. The van der Waals surface area contributed by atoms with Crippen molar-refractivity contribution in [3.8, 4) is 0 Å². The Bertz CT molecular complexity index is 721. The second-order valence-electron chi connectivity index (χ2n) is 6.55. The standard InChI is InChI=1S/C20H24N2O/c1-15-12-17(8-9-19(15)21(2)3)20(23)14-22-11-10-16-6-4-5-7-18(16)13-22/h4-9,12H,10-11,13-14H2,1-3H3. The van der Waals surface area contributed by atoms with E-state index >= 15 is 0 Å². The van der Waals surface area contributed by atoms with Crippen molar-refractivity contribution in [1.29, 1.82) is 0 Å². The molecule has 120 valence electrons. The molecule has 0 radical (unpaired) electrons. The van der Waals surface area contributed by atoms with Gasteiger partial charge in [0, 0.05) is 38.4 Å². The molecule has 1 aliphatic rings. The summed E-state index contributed by atoms with van der Waals surface area (Å²) in [5.74, 6) is 0.206. The fourth-order valence-electron chi connectivity index (χ4n) is 3.31. The van der Waals surface area contributed by atoms with Gasteiger partial charge in [-0.05, 0) is 48.2 Å². The van der Waals surface area contributed by atoms with E-state index < -0.39 is 0 Å². The number of carbonyl (C=O) groups is 1. The molecule has 3 rings (SSSR count). The average Bonchev–Trinajstić information content (AvgIpc) is 2.54. The maximum Gasteiger partial charge on any atom is 0.176 e. The summed E-state index contributed by atoms with van der Waals surface area (Å²) >= 11 is 0. The van der Waals surface area contributed by atoms with Gasteiger partial charge in [-0.25, -0.2) is 0 Å². The van der Waals surface area contributed by atoms with Crippen molar-refractivity contribution in [3.63, 3.8) is 0 Å². The SMILES string of the molecule is Cc1cc(C(=O)CN2CCc3ccccc3C2)ccc1N(C)C. The normalized spacial score (nSPS) is 14.4. The van der Waals surface area contributed by atoms with Gasteiger partial charge >= 0.3 is 0 Å². The van der Waals surface area contributed by atoms with Crippen LogP contribution in [0.5, 0.6) is 0 Å². The Morgan fingerprint density at radius 2 is 1.87 bits per heavy atom. The number of carbonyl (C=O) groups excluding carboxylic acids is 1. The minimum atomic E-state index is 0.206. The van der Waals surface area contributed by atoms with E-state index in [2.05, 4.69) is 41.0 Å². The van der Waals surface area contributed by atoms with Crippen LogP contribution in [0, 0.1) is 6.92 Å². The van der Waals surface area contributed by atoms with E-state index in [-0.39, 0.29) is 5.78 Å². The molecule has 0 aliphatic carbocycles. The summed E-state index contributed by atoms with van der Waals surface area (Å²) in [6.45, 7) is 4.38. The van der Waals surface area contributed by atoms with Crippen molar-refractivity contribution in [3.05, 3.63) is 64.7 Å². The van der Waals surface area contributed by atoms with Crippen molar-refractivity contribution in [1.82, 2.24) is 4.90 Å². The van der Waals surface area contributed by atoms with Crippen molar-refractivity contribution < 1.29 is 4.79 Å². The lowest BCUT2D eigenvalue weighted by Gasteiger charge is -2.28. The number of ketones is 1. The number of aryl methyl sites for hydroxylation is 1. The lowest BCUT2D eigenvalue weighted by atomic mass is 9.99. The maximum atomic E-state index is 12.6. The Balaban J connectivity index is 1.69. The molecule has 0 unspecified atom stereocenters. The van der Waals surface area contributed by atoms with E-state index in [1.165, 1.54) is 11.1 Å². The topological polar surface area (TPSA) is 23.6 Å². The Morgan fingerprint density at radius 1 is 1.13 bits per heavy atom. The highest BCUT2D eigenvalue weighted by Gasteiger charge is 2.19. The van der Waals surface area contributed by atoms with Gasteiger partial charge < -0.3 is 4.90 Å². The van der Waals surface area contributed by atoms with Gasteiger partial charge in [-0.15, -0.1) is 0 Å². The number of anilines is 1. The molecular weight excluding hydrogens is 284 g/mol. The summed E-state index contributed by atoms with van der Waals surface area (Å²) in [5.41, 5.74) is 5.89. The Hall–Kier alpha value is -2.13. The van der Waals surface area contributed by atoms with Gasteiger partial charge in [-0.3, -0.25) is 9.69 Å². The van der Waals surface area contributed by atoms with Gasteiger partial charge in [0.15, 0.2) is 5.78 Å². The first kappa shape index (κ1) is 15.8. The molecular formula is C20H24N2O. The largest absolute Gasteiger partial charge is 0.377 e. The highest BCUT2D eigenvalue weighted by atomic mass is 16.1. The number of rotatable bonds is 4. The van der Waals surface area contributed by atoms with Crippen LogP contribution in [-0.4, -0.2) is 37.9 Å². The minimum absolute atomic E-state index is 0.206. The number of benzene rings is 2. The van der Waals surface area contributed by atoms with E-state index in [4.69, 9.17) is 0 Å². The van der Waals surface area contributed by atoms with E-state index in [1.54, 1.807) is 0 Å². The number of hydrogen-bond acceptors (Lipinski definition) is 3. The summed E-state index contributed by atoms with van der Waals surface area (Å²) in [6, 6.07) is 14.5. The highest BCUT2D eigenvalue weighted by molar-refractivity contribution is 5.98. The molecule has 1 aliphatic heterocycles. The molecule has 0 saturated carbocycles. The minimum Gasteiger partial charge on any atom is -0.377 e. The Morgan fingerprint density at radius 3 is 2.57 bits per heavy atom. The molecule has 1 heterocycles. The second-order valence-corrected chi connectivity index (χ2v) is 6.55. The lowest BCUT2D eigenvalue weighted by Crippen LogP contribution is -2.34. The van der Waals surface area contributed by atoms with E-state index in [0.717, 1.165) is 36.3 Å². The smallest absolute Gasteiger partial charge is 0.176 e. The number of fused-ring (bicyclic) bond motifs is 1. The fourth-order valence-corrected chi connectivity index (χ4v) is 3.31. The maximum absolute atomic E-state index is 12.6. The van der Waals surface area contributed by atoms with Crippen LogP contribution in [0.2, 0.25) is 0 Å². The Labute approximate surface area is 138 Å². The summed E-state index contributed by atoms with van der Waals surface area (Å²) in [4.78, 5) is 16.9. The van der Waals surface area contributed by atoms with Gasteiger partial charge in [0.05, 0.1) is 6.54 Å². The summed E-state index contributed by atoms with van der Waals surface area (Å²) < 4.78 is 0. The van der Waals surface area contributed by atoms with Gasteiger partial charge in [-0.1, -0.05) is 24.3 Å². The van der Waals surface area contributed by atoms with Crippen molar-refractivity contribution in [2.45, 2.75) is 19.9 Å². The van der Waals surface area contributed by atoms with Crippen LogP contribution in [0.4, 0.5) is 5.69 Å². The fraction of sp³-hybridized carbons (Fsp3) is 0.350. The van der Waals surface area contributed by atoms with E-state index in [0.29, 0.717) is 6.54 Å². The van der Waals surface area contributed by atoms with Gasteiger partial charge in [0.25, 0.3) is 0 Å². The number of Topliss-reactive ketones (excluding diaryl/α,β-unsaturated/α-hetero) is 1. The first-order valence-electron chi connectivity index (χ1n) is 8.15. The van der Waals surface area contributed by atoms with Crippen molar-refractivity contribution in [2.75, 3.05) is 32.1 Å². The van der Waals surface area contributed by atoms with Crippen LogP contribution in [0.1, 0.15) is 27.0 Å². The van der Waals surface area contributed by atoms with Crippen LogP contribution in [0.25, 0.3) is 0 Å². The molecule has 2 aromatic carbocycles. The average molecular weight is 308 g/mol. The molecule has 23 heavy (non-hydrogen) atoms.